The Labute approximate surface area is 178 Å². The van der Waals surface area contributed by atoms with E-state index >= 15 is 0 Å². The van der Waals surface area contributed by atoms with Crippen molar-refractivity contribution in [2.75, 3.05) is 5.32 Å². The van der Waals surface area contributed by atoms with Gasteiger partial charge in [0.2, 0.25) is 5.91 Å². The van der Waals surface area contributed by atoms with E-state index in [0.717, 1.165) is 39.1 Å². The number of aromatic amines is 1. The Kier molecular flexibility index (Phi) is 5.63. The van der Waals surface area contributed by atoms with Crippen LogP contribution >= 0.6 is 11.3 Å². The Hall–Kier alpha value is -3.44. The molecule has 0 fully saturated rings. The van der Waals surface area contributed by atoms with Crippen molar-refractivity contribution < 1.29 is 4.79 Å². The van der Waals surface area contributed by atoms with Gasteiger partial charge in [0.1, 0.15) is 0 Å². The monoisotopic (exact) mass is 418 g/mol. The van der Waals surface area contributed by atoms with E-state index in [1.165, 1.54) is 11.3 Å². The number of H-pyrrole nitrogens is 1. The zero-order valence-corrected chi connectivity index (χ0v) is 17.7. The highest BCUT2D eigenvalue weighted by Gasteiger charge is 2.15. The topological polar surface area (TPSA) is 99.4 Å². The molecule has 1 amide bonds. The number of hydrogen-bond acceptors (Lipinski definition) is 5. The molecule has 4 aromatic rings. The molecule has 3 heterocycles. The van der Waals surface area contributed by atoms with Crippen molar-refractivity contribution in [2.45, 2.75) is 39.7 Å². The zero-order valence-electron chi connectivity index (χ0n) is 16.9. The number of hydrogen-bond donors (Lipinski definition) is 2. The van der Waals surface area contributed by atoms with Crippen LogP contribution in [0.3, 0.4) is 0 Å². The van der Waals surface area contributed by atoms with Crippen LogP contribution in [0.25, 0.3) is 22.2 Å². The lowest BCUT2D eigenvalue weighted by Gasteiger charge is -2.04. The van der Waals surface area contributed by atoms with Crippen LogP contribution in [0.15, 0.2) is 35.8 Å². The van der Waals surface area contributed by atoms with E-state index in [1.807, 2.05) is 48.3 Å². The zero-order chi connectivity index (χ0) is 21.1. The summed E-state index contributed by atoms with van der Waals surface area (Å²) < 4.78 is 1.85. The van der Waals surface area contributed by atoms with Crippen LogP contribution in [0, 0.1) is 25.2 Å². The number of carbonyl (C=O) groups excluding carboxylic acids is 1. The molecule has 3 aromatic heterocycles. The second-order valence-corrected chi connectivity index (χ2v) is 7.97. The third-order valence-corrected chi connectivity index (χ3v) is 5.94. The number of amides is 1. The van der Waals surface area contributed by atoms with E-state index in [0.29, 0.717) is 30.9 Å². The summed E-state index contributed by atoms with van der Waals surface area (Å²) in [5, 5.41) is 19.8. The predicted octanol–water partition coefficient (Wildman–Crippen LogP) is 4.59. The van der Waals surface area contributed by atoms with E-state index in [-0.39, 0.29) is 5.91 Å². The van der Waals surface area contributed by atoms with Gasteiger partial charge in [-0.3, -0.25) is 9.48 Å². The number of benzene rings is 1. The first-order chi connectivity index (χ1) is 14.6. The third-order valence-electron chi connectivity index (χ3n) is 5.18. The van der Waals surface area contributed by atoms with Crippen LogP contribution in [0.1, 0.15) is 29.8 Å². The summed E-state index contributed by atoms with van der Waals surface area (Å²) in [6, 6.07) is 10.2. The van der Waals surface area contributed by atoms with E-state index in [2.05, 4.69) is 32.5 Å². The number of nitrogens with one attached hydrogen (secondary N) is 2. The molecule has 0 bridgehead atoms. The molecule has 8 heteroatoms. The first-order valence-electron chi connectivity index (χ1n) is 9.78. The molecule has 0 atom stereocenters. The van der Waals surface area contributed by atoms with Gasteiger partial charge >= 0.3 is 0 Å². The first kappa shape index (κ1) is 19.9. The Bertz CT molecular complexity index is 1240. The minimum atomic E-state index is -0.0709. The molecule has 152 valence electrons. The number of anilines is 1. The number of carbonyl (C=O) groups is 1. The minimum absolute atomic E-state index is 0.0709. The Balaban J connectivity index is 1.40. The first-order valence-corrected chi connectivity index (χ1v) is 10.7. The summed E-state index contributed by atoms with van der Waals surface area (Å²) in [5.74, 6) is -0.0709. The van der Waals surface area contributed by atoms with Gasteiger partial charge in [0.05, 0.1) is 30.4 Å². The molecule has 0 aliphatic heterocycles. The van der Waals surface area contributed by atoms with Gasteiger partial charge in [-0.15, -0.1) is 11.3 Å². The lowest BCUT2D eigenvalue weighted by Crippen LogP contribution is -2.12. The van der Waals surface area contributed by atoms with Crippen LogP contribution < -0.4 is 5.32 Å². The maximum absolute atomic E-state index is 12.5. The molecule has 0 spiro atoms. The number of aromatic nitrogens is 4. The third kappa shape index (κ3) is 3.98. The largest absolute Gasteiger partial charge is 0.360 e. The summed E-state index contributed by atoms with van der Waals surface area (Å²) in [6.07, 6.45) is 3.33. The predicted molar refractivity (Wildman–Crippen MR) is 118 cm³/mol. The maximum atomic E-state index is 12.5. The summed E-state index contributed by atoms with van der Waals surface area (Å²) in [6.45, 7) is 4.50. The molecular weight excluding hydrogens is 396 g/mol. The molecule has 0 unspecified atom stereocenters. The fraction of sp³-hybridized carbons (Fsp3) is 0.273. The summed E-state index contributed by atoms with van der Waals surface area (Å²) >= 11 is 1.42. The van der Waals surface area contributed by atoms with Crippen molar-refractivity contribution in [2.24, 2.45) is 0 Å². The smallest absolute Gasteiger partial charge is 0.226 e. The summed E-state index contributed by atoms with van der Waals surface area (Å²) in [7, 11) is 0. The minimum Gasteiger partial charge on any atom is -0.360 e. The number of para-hydroxylation sites is 1. The second-order valence-electron chi connectivity index (χ2n) is 7.11. The maximum Gasteiger partial charge on any atom is 0.226 e. The highest BCUT2D eigenvalue weighted by atomic mass is 32.1. The van der Waals surface area contributed by atoms with E-state index in [1.54, 1.807) is 0 Å². The van der Waals surface area contributed by atoms with E-state index in [4.69, 9.17) is 5.26 Å². The Morgan fingerprint density at radius 2 is 2.17 bits per heavy atom. The average Bonchev–Trinajstić information content (AvgIpc) is 3.43. The van der Waals surface area contributed by atoms with E-state index in [9.17, 15) is 4.79 Å². The second kappa shape index (κ2) is 8.51. The van der Waals surface area contributed by atoms with Crippen LogP contribution in [0.5, 0.6) is 0 Å². The Morgan fingerprint density at radius 1 is 1.33 bits per heavy atom. The van der Waals surface area contributed by atoms with Crippen LogP contribution in [-0.4, -0.2) is 25.7 Å². The average molecular weight is 419 g/mol. The Morgan fingerprint density at radius 3 is 3.00 bits per heavy atom. The fourth-order valence-electron chi connectivity index (χ4n) is 3.63. The van der Waals surface area contributed by atoms with Crippen molar-refractivity contribution in [1.29, 1.82) is 5.26 Å². The number of aryl methyl sites for hydroxylation is 2. The number of nitriles is 1. The van der Waals surface area contributed by atoms with Gasteiger partial charge in [-0.2, -0.15) is 10.4 Å². The lowest BCUT2D eigenvalue weighted by atomic mass is 10.1. The van der Waals surface area contributed by atoms with Gasteiger partial charge in [0.15, 0.2) is 5.13 Å². The summed E-state index contributed by atoms with van der Waals surface area (Å²) in [5.41, 5.74) is 5.94. The van der Waals surface area contributed by atoms with Crippen molar-refractivity contribution in [3.8, 4) is 17.3 Å². The van der Waals surface area contributed by atoms with Gasteiger partial charge in [0.25, 0.3) is 0 Å². The van der Waals surface area contributed by atoms with Gasteiger partial charge in [-0.25, -0.2) is 4.98 Å². The SMILES string of the molecule is Cc1nn(CCC#N)c(C)c1CCC(=O)Nc1nc(-c2c[nH]c3ccccc23)cs1. The molecule has 0 aliphatic rings. The number of thiazole rings is 1. The van der Waals surface area contributed by atoms with Crippen LogP contribution in [-0.2, 0) is 17.8 Å². The molecular formula is C22H22N6OS. The van der Waals surface area contributed by atoms with Gasteiger partial charge in [-0.1, -0.05) is 18.2 Å². The lowest BCUT2D eigenvalue weighted by molar-refractivity contribution is -0.116. The summed E-state index contributed by atoms with van der Waals surface area (Å²) in [4.78, 5) is 20.3. The quantitative estimate of drug-likeness (QED) is 0.458. The number of rotatable bonds is 7. The van der Waals surface area contributed by atoms with E-state index < -0.39 is 0 Å². The van der Waals surface area contributed by atoms with Crippen molar-refractivity contribution in [3.05, 3.63) is 52.8 Å². The normalized spacial score (nSPS) is 11.0. The molecule has 0 radical (unpaired) electrons. The molecule has 30 heavy (non-hydrogen) atoms. The number of nitrogens with zero attached hydrogens (tertiary/aromatic N) is 4. The molecule has 0 saturated heterocycles. The fourth-order valence-corrected chi connectivity index (χ4v) is 4.35. The van der Waals surface area contributed by atoms with Crippen LogP contribution in [0.2, 0.25) is 0 Å². The van der Waals surface area contributed by atoms with Gasteiger partial charge < -0.3 is 10.3 Å². The molecule has 2 N–H and O–H groups in total. The molecule has 4 rings (SSSR count). The number of fused-ring (bicyclic) bond motifs is 1. The molecule has 0 aliphatic carbocycles. The van der Waals surface area contributed by atoms with Gasteiger partial charge in [0, 0.05) is 40.2 Å². The van der Waals surface area contributed by atoms with Gasteiger partial charge in [-0.05, 0) is 31.9 Å². The van der Waals surface area contributed by atoms with Crippen LogP contribution in [0.4, 0.5) is 5.13 Å². The van der Waals surface area contributed by atoms with Crippen molar-refractivity contribution in [3.63, 3.8) is 0 Å². The van der Waals surface area contributed by atoms with Crippen molar-refractivity contribution >= 4 is 33.3 Å². The highest BCUT2D eigenvalue weighted by Crippen LogP contribution is 2.31. The molecule has 0 saturated carbocycles. The molecule has 7 nitrogen and oxygen atoms in total. The standard InChI is InChI=1S/C22H22N6OS/c1-14-16(15(2)28(27-14)11-5-10-23)8-9-21(29)26-22-25-20(13-30-22)18-12-24-19-7-4-3-6-17(18)19/h3-4,6-7,12-13,24H,5,8-9,11H2,1-2H3,(H,25,26,29). The van der Waals surface area contributed by atoms with Crippen molar-refractivity contribution in [1.82, 2.24) is 19.7 Å². The highest BCUT2D eigenvalue weighted by molar-refractivity contribution is 7.14. The molecule has 1 aromatic carbocycles.